The first kappa shape index (κ1) is 12.3. The summed E-state index contributed by atoms with van der Waals surface area (Å²) in [6.07, 6.45) is 2.53. The van der Waals surface area contributed by atoms with Crippen LogP contribution >= 0.6 is 11.8 Å². The lowest BCUT2D eigenvalue weighted by Gasteiger charge is -2.06. The Balaban J connectivity index is 2.04. The van der Waals surface area contributed by atoms with Crippen LogP contribution in [0.1, 0.15) is 26.7 Å². The zero-order chi connectivity index (χ0) is 12.3. The zero-order valence-electron chi connectivity index (χ0n) is 10.4. The minimum Gasteiger partial charge on any atom is -0.399 e. The van der Waals surface area contributed by atoms with Gasteiger partial charge in [0.05, 0.1) is 11.0 Å². The lowest BCUT2D eigenvalue weighted by Crippen LogP contribution is -1.97. The summed E-state index contributed by atoms with van der Waals surface area (Å²) >= 11 is 1.79. The van der Waals surface area contributed by atoms with E-state index in [1.165, 1.54) is 12.8 Å². The highest BCUT2D eigenvalue weighted by molar-refractivity contribution is 7.99. The van der Waals surface area contributed by atoms with Gasteiger partial charge in [-0.3, -0.25) is 0 Å². The Morgan fingerprint density at radius 2 is 2.29 bits per heavy atom. The summed E-state index contributed by atoms with van der Waals surface area (Å²) in [5.74, 6) is 1.85. The maximum absolute atomic E-state index is 5.74. The molecule has 2 rings (SSSR count). The quantitative estimate of drug-likeness (QED) is 0.628. The second kappa shape index (κ2) is 5.45. The fourth-order valence-electron chi connectivity index (χ4n) is 1.87. The van der Waals surface area contributed by atoms with Crippen molar-refractivity contribution in [2.24, 2.45) is 5.92 Å². The second-order valence-corrected chi connectivity index (χ2v) is 5.53. The number of nitrogens with two attached hydrogens (primary N) is 1. The van der Waals surface area contributed by atoms with Crippen molar-refractivity contribution < 1.29 is 0 Å². The van der Waals surface area contributed by atoms with Gasteiger partial charge in [-0.05, 0) is 24.1 Å². The number of nitrogen functional groups attached to an aromatic ring is 1. The first-order valence-corrected chi connectivity index (χ1v) is 7.05. The van der Waals surface area contributed by atoms with E-state index < -0.39 is 0 Å². The molecule has 0 aliphatic rings. The summed E-state index contributed by atoms with van der Waals surface area (Å²) in [6, 6.07) is 5.78. The van der Waals surface area contributed by atoms with E-state index in [0.29, 0.717) is 0 Å². The first-order chi connectivity index (χ1) is 8.19. The van der Waals surface area contributed by atoms with Gasteiger partial charge >= 0.3 is 0 Å². The molecule has 0 fully saturated rings. The molecule has 0 saturated carbocycles. The van der Waals surface area contributed by atoms with Gasteiger partial charge in [0.2, 0.25) is 0 Å². The number of aromatic nitrogens is 2. The van der Waals surface area contributed by atoms with Crippen LogP contribution in [0.4, 0.5) is 5.69 Å². The van der Waals surface area contributed by atoms with E-state index in [1.807, 2.05) is 18.2 Å². The lowest BCUT2D eigenvalue weighted by molar-refractivity contribution is 0.585. The van der Waals surface area contributed by atoms with Crippen molar-refractivity contribution in [3.8, 4) is 0 Å². The molecular weight excluding hydrogens is 230 g/mol. The van der Waals surface area contributed by atoms with Crippen molar-refractivity contribution in [2.75, 3.05) is 11.5 Å². The Kier molecular flexibility index (Phi) is 3.94. The summed E-state index contributed by atoms with van der Waals surface area (Å²) in [6.45, 7) is 4.52. The number of aromatic amines is 1. The maximum Gasteiger partial charge on any atom is 0.166 e. The van der Waals surface area contributed by atoms with Crippen LogP contribution in [0, 0.1) is 5.92 Å². The number of fused-ring (bicyclic) bond motifs is 1. The number of anilines is 1. The minimum absolute atomic E-state index is 0.739. The molecule has 1 aromatic heterocycles. The molecule has 3 N–H and O–H groups in total. The highest BCUT2D eigenvalue weighted by atomic mass is 32.2. The summed E-state index contributed by atoms with van der Waals surface area (Å²) < 4.78 is 0. The maximum atomic E-state index is 5.74. The second-order valence-electron chi connectivity index (χ2n) is 4.52. The molecule has 0 saturated heterocycles. The third-order valence-electron chi connectivity index (χ3n) is 2.77. The van der Waals surface area contributed by atoms with Gasteiger partial charge in [0, 0.05) is 11.4 Å². The lowest BCUT2D eigenvalue weighted by atomic mass is 10.1. The number of hydrogen-bond donors (Lipinski definition) is 2. The standard InChI is InChI=1S/C13H19N3S/c1-3-4-9(2)8-17-13-15-11-6-5-10(14)7-12(11)16-13/h5-7,9H,3-4,8,14H2,1-2H3,(H,15,16). The average molecular weight is 249 g/mol. The molecule has 1 aromatic carbocycles. The molecule has 17 heavy (non-hydrogen) atoms. The Labute approximate surface area is 106 Å². The number of nitrogens with one attached hydrogen (secondary N) is 1. The third kappa shape index (κ3) is 3.16. The Morgan fingerprint density at radius 3 is 3.06 bits per heavy atom. The molecule has 3 nitrogen and oxygen atoms in total. The number of thioether (sulfide) groups is 1. The zero-order valence-corrected chi connectivity index (χ0v) is 11.2. The van der Waals surface area contributed by atoms with Crippen LogP contribution < -0.4 is 5.73 Å². The van der Waals surface area contributed by atoms with Crippen molar-refractivity contribution in [3.63, 3.8) is 0 Å². The van der Waals surface area contributed by atoms with Crippen molar-refractivity contribution in [1.29, 1.82) is 0 Å². The van der Waals surface area contributed by atoms with E-state index in [9.17, 15) is 0 Å². The average Bonchev–Trinajstić information content (AvgIpc) is 2.68. The van der Waals surface area contributed by atoms with Crippen LogP contribution in [0.3, 0.4) is 0 Å². The normalized spacial score (nSPS) is 13.1. The van der Waals surface area contributed by atoms with Gasteiger partial charge < -0.3 is 10.7 Å². The summed E-state index contributed by atoms with van der Waals surface area (Å²) in [5, 5.41) is 0.994. The van der Waals surface area contributed by atoms with E-state index in [0.717, 1.165) is 33.5 Å². The first-order valence-electron chi connectivity index (χ1n) is 6.07. The van der Waals surface area contributed by atoms with Crippen LogP contribution in [0.25, 0.3) is 11.0 Å². The number of rotatable bonds is 5. The fraction of sp³-hybridized carbons (Fsp3) is 0.462. The molecular formula is C13H19N3S. The van der Waals surface area contributed by atoms with Crippen LogP contribution in [0.15, 0.2) is 23.4 Å². The number of nitrogens with zero attached hydrogens (tertiary/aromatic N) is 1. The van der Waals surface area contributed by atoms with Crippen LogP contribution in [0.2, 0.25) is 0 Å². The van der Waals surface area contributed by atoms with Crippen molar-refractivity contribution in [1.82, 2.24) is 9.97 Å². The van der Waals surface area contributed by atoms with E-state index >= 15 is 0 Å². The van der Waals surface area contributed by atoms with Crippen molar-refractivity contribution in [3.05, 3.63) is 18.2 Å². The van der Waals surface area contributed by atoms with Gasteiger partial charge in [-0.25, -0.2) is 4.98 Å². The van der Waals surface area contributed by atoms with Gasteiger partial charge in [-0.1, -0.05) is 38.5 Å². The largest absolute Gasteiger partial charge is 0.399 e. The van der Waals surface area contributed by atoms with Crippen LogP contribution in [0.5, 0.6) is 0 Å². The smallest absolute Gasteiger partial charge is 0.166 e. The molecule has 2 aromatic rings. The fourth-order valence-corrected chi connectivity index (χ4v) is 2.82. The van der Waals surface area contributed by atoms with Gasteiger partial charge in [0.15, 0.2) is 5.16 Å². The molecule has 0 amide bonds. The molecule has 0 spiro atoms. The van der Waals surface area contributed by atoms with Crippen LogP contribution in [-0.4, -0.2) is 15.7 Å². The van der Waals surface area contributed by atoms with Gasteiger partial charge in [0.1, 0.15) is 0 Å². The van der Waals surface area contributed by atoms with Gasteiger partial charge in [-0.15, -0.1) is 0 Å². The number of hydrogen-bond acceptors (Lipinski definition) is 3. The van der Waals surface area contributed by atoms with E-state index in [1.54, 1.807) is 11.8 Å². The number of imidazole rings is 1. The van der Waals surface area contributed by atoms with Crippen molar-refractivity contribution in [2.45, 2.75) is 31.8 Å². The number of H-pyrrole nitrogens is 1. The molecule has 1 heterocycles. The molecule has 0 bridgehead atoms. The molecule has 92 valence electrons. The molecule has 1 atom stereocenters. The number of benzene rings is 1. The highest BCUT2D eigenvalue weighted by Crippen LogP contribution is 2.23. The SMILES string of the molecule is CCCC(C)CSc1nc2ccc(N)cc2[nH]1. The Hall–Kier alpha value is -1.16. The third-order valence-corrected chi connectivity index (χ3v) is 3.97. The van der Waals surface area contributed by atoms with E-state index in [-0.39, 0.29) is 0 Å². The highest BCUT2D eigenvalue weighted by Gasteiger charge is 2.06. The topological polar surface area (TPSA) is 54.7 Å². The predicted octanol–water partition coefficient (Wildman–Crippen LogP) is 3.67. The molecule has 1 unspecified atom stereocenters. The Morgan fingerprint density at radius 1 is 1.47 bits per heavy atom. The summed E-state index contributed by atoms with van der Waals surface area (Å²) in [7, 11) is 0. The van der Waals surface area contributed by atoms with E-state index in [4.69, 9.17) is 5.73 Å². The van der Waals surface area contributed by atoms with Gasteiger partial charge in [0.25, 0.3) is 0 Å². The minimum atomic E-state index is 0.739. The molecule has 4 heteroatoms. The van der Waals surface area contributed by atoms with Crippen LogP contribution in [-0.2, 0) is 0 Å². The molecule has 0 aliphatic carbocycles. The van der Waals surface area contributed by atoms with Gasteiger partial charge in [-0.2, -0.15) is 0 Å². The van der Waals surface area contributed by atoms with E-state index in [2.05, 4.69) is 23.8 Å². The Bertz CT molecular complexity index is 492. The summed E-state index contributed by atoms with van der Waals surface area (Å²) in [4.78, 5) is 7.84. The monoisotopic (exact) mass is 249 g/mol. The summed E-state index contributed by atoms with van der Waals surface area (Å²) in [5.41, 5.74) is 8.53. The predicted molar refractivity (Wildman–Crippen MR) is 75.3 cm³/mol. The molecule has 0 aliphatic heterocycles. The molecule has 0 radical (unpaired) electrons. The van der Waals surface area contributed by atoms with Crippen molar-refractivity contribution >= 4 is 28.5 Å².